The van der Waals surface area contributed by atoms with Crippen LogP contribution >= 0.6 is 0 Å². The highest BCUT2D eigenvalue weighted by Gasteiger charge is 2.08. The van der Waals surface area contributed by atoms with E-state index in [2.05, 4.69) is 37.3 Å². The molecule has 20 heavy (non-hydrogen) atoms. The molecule has 2 N–H and O–H groups in total. The Morgan fingerprint density at radius 1 is 1.10 bits per heavy atom. The molecule has 102 valence electrons. The molecular weight excluding hydrogens is 246 g/mol. The first-order chi connectivity index (χ1) is 9.78. The van der Waals surface area contributed by atoms with Gasteiger partial charge in [-0.3, -0.25) is 0 Å². The van der Waals surface area contributed by atoms with E-state index in [0.717, 1.165) is 12.0 Å². The molecule has 2 heteroatoms. The third-order valence-corrected chi connectivity index (χ3v) is 3.83. The van der Waals surface area contributed by atoms with Crippen molar-refractivity contribution in [2.75, 3.05) is 6.54 Å². The molecule has 3 aromatic rings. The van der Waals surface area contributed by atoms with Crippen LogP contribution in [-0.4, -0.2) is 6.54 Å². The second-order valence-corrected chi connectivity index (χ2v) is 5.32. The van der Waals surface area contributed by atoms with Crippen molar-refractivity contribution in [1.82, 2.24) is 0 Å². The predicted octanol–water partition coefficient (Wildman–Crippen LogP) is 4.09. The lowest BCUT2D eigenvalue weighted by Gasteiger charge is -2.10. The van der Waals surface area contributed by atoms with Gasteiger partial charge in [0.1, 0.15) is 5.58 Å². The van der Waals surface area contributed by atoms with Gasteiger partial charge in [-0.25, -0.2) is 0 Å². The Labute approximate surface area is 119 Å². The molecule has 0 fully saturated rings. The van der Waals surface area contributed by atoms with Gasteiger partial charge in [0.2, 0.25) is 0 Å². The molecule has 0 spiro atoms. The monoisotopic (exact) mass is 265 g/mol. The number of hydrogen-bond donors (Lipinski definition) is 1. The number of nitrogens with two attached hydrogens (primary N) is 1. The summed E-state index contributed by atoms with van der Waals surface area (Å²) in [4.78, 5) is 0. The lowest BCUT2D eigenvalue weighted by Crippen LogP contribution is -2.09. The Morgan fingerprint density at radius 2 is 1.95 bits per heavy atom. The molecule has 1 heterocycles. The largest absolute Gasteiger partial charge is 0.464 e. The molecule has 0 aliphatic rings. The van der Waals surface area contributed by atoms with Gasteiger partial charge < -0.3 is 10.2 Å². The smallest absolute Gasteiger partial charge is 0.134 e. The van der Waals surface area contributed by atoms with E-state index < -0.39 is 0 Å². The van der Waals surface area contributed by atoms with E-state index in [1.807, 2.05) is 24.5 Å². The van der Waals surface area contributed by atoms with Crippen molar-refractivity contribution < 1.29 is 4.42 Å². The number of benzene rings is 2. The van der Waals surface area contributed by atoms with Gasteiger partial charge in [0, 0.05) is 17.4 Å². The van der Waals surface area contributed by atoms with E-state index in [4.69, 9.17) is 10.2 Å². The third kappa shape index (κ3) is 2.47. The molecule has 1 unspecified atom stereocenters. The van der Waals surface area contributed by atoms with Crippen molar-refractivity contribution >= 4 is 11.0 Å². The van der Waals surface area contributed by atoms with Crippen molar-refractivity contribution in [3.05, 3.63) is 71.5 Å². The summed E-state index contributed by atoms with van der Waals surface area (Å²) < 4.78 is 5.60. The first kappa shape index (κ1) is 12.9. The zero-order valence-electron chi connectivity index (χ0n) is 11.7. The molecule has 3 rings (SSSR count). The van der Waals surface area contributed by atoms with E-state index >= 15 is 0 Å². The van der Waals surface area contributed by atoms with Crippen molar-refractivity contribution in [3.8, 4) is 0 Å². The van der Waals surface area contributed by atoms with Crippen molar-refractivity contribution in [2.24, 2.45) is 5.73 Å². The Hall–Kier alpha value is -2.06. The lowest BCUT2D eigenvalue weighted by molar-refractivity contribution is 0.611. The highest BCUT2D eigenvalue weighted by Crippen LogP contribution is 2.24. The summed E-state index contributed by atoms with van der Waals surface area (Å²) >= 11 is 0. The first-order valence-corrected chi connectivity index (χ1v) is 7.02. The SMILES string of the molecule is CC(CN)c1cccc(Cc2coc3ccccc23)c1. The fourth-order valence-corrected chi connectivity index (χ4v) is 2.54. The molecule has 0 aliphatic carbocycles. The van der Waals surface area contributed by atoms with E-state index in [-0.39, 0.29) is 0 Å². The second kappa shape index (κ2) is 5.51. The molecule has 0 radical (unpaired) electrons. The summed E-state index contributed by atoms with van der Waals surface area (Å²) in [6.45, 7) is 2.84. The summed E-state index contributed by atoms with van der Waals surface area (Å²) in [5.74, 6) is 0.399. The maximum atomic E-state index is 5.75. The summed E-state index contributed by atoms with van der Waals surface area (Å²) in [6.07, 6.45) is 2.76. The quantitative estimate of drug-likeness (QED) is 0.771. The van der Waals surface area contributed by atoms with Crippen LogP contribution in [0.4, 0.5) is 0 Å². The number of furan rings is 1. The van der Waals surface area contributed by atoms with Gasteiger partial charge in [-0.1, -0.05) is 49.4 Å². The fraction of sp³-hybridized carbons (Fsp3) is 0.222. The molecule has 0 bridgehead atoms. The Bertz CT molecular complexity index is 714. The zero-order valence-corrected chi connectivity index (χ0v) is 11.7. The van der Waals surface area contributed by atoms with Gasteiger partial charge in [-0.15, -0.1) is 0 Å². The minimum absolute atomic E-state index is 0.399. The minimum Gasteiger partial charge on any atom is -0.464 e. The van der Waals surface area contributed by atoms with Crippen LogP contribution in [0.15, 0.2) is 59.2 Å². The predicted molar refractivity (Wildman–Crippen MR) is 82.9 cm³/mol. The standard InChI is InChI=1S/C18H19NO/c1-13(11-19)15-6-4-5-14(9-15)10-16-12-20-18-8-3-2-7-17(16)18/h2-9,12-13H,10-11,19H2,1H3. The van der Waals surface area contributed by atoms with Crippen LogP contribution in [0.1, 0.15) is 29.5 Å². The van der Waals surface area contributed by atoms with Gasteiger partial charge >= 0.3 is 0 Å². The highest BCUT2D eigenvalue weighted by molar-refractivity contribution is 5.81. The Balaban J connectivity index is 1.91. The zero-order chi connectivity index (χ0) is 13.9. The van der Waals surface area contributed by atoms with Crippen molar-refractivity contribution in [1.29, 1.82) is 0 Å². The second-order valence-electron chi connectivity index (χ2n) is 5.32. The van der Waals surface area contributed by atoms with Crippen LogP contribution < -0.4 is 5.73 Å². The average Bonchev–Trinajstić information content (AvgIpc) is 2.90. The van der Waals surface area contributed by atoms with Gasteiger partial charge in [-0.2, -0.15) is 0 Å². The number of fused-ring (bicyclic) bond motifs is 1. The van der Waals surface area contributed by atoms with Crippen molar-refractivity contribution in [2.45, 2.75) is 19.3 Å². The van der Waals surface area contributed by atoms with Crippen LogP contribution in [0.3, 0.4) is 0 Å². The highest BCUT2D eigenvalue weighted by atomic mass is 16.3. The molecule has 1 aromatic heterocycles. The Kier molecular flexibility index (Phi) is 3.57. The lowest BCUT2D eigenvalue weighted by atomic mass is 9.96. The number of hydrogen-bond acceptors (Lipinski definition) is 2. The molecule has 0 amide bonds. The number of rotatable bonds is 4. The molecule has 0 saturated carbocycles. The van der Waals surface area contributed by atoms with E-state index in [9.17, 15) is 0 Å². The summed E-state index contributed by atoms with van der Waals surface area (Å²) in [5, 5.41) is 1.20. The summed E-state index contributed by atoms with van der Waals surface area (Å²) in [6, 6.07) is 16.8. The van der Waals surface area contributed by atoms with Crippen LogP contribution in [0.25, 0.3) is 11.0 Å². The van der Waals surface area contributed by atoms with E-state index in [0.29, 0.717) is 12.5 Å². The van der Waals surface area contributed by atoms with Gasteiger partial charge in [-0.05, 0) is 29.7 Å². The molecule has 0 saturated heterocycles. The average molecular weight is 265 g/mol. The number of para-hydroxylation sites is 1. The van der Waals surface area contributed by atoms with E-state index in [1.165, 1.54) is 22.1 Å². The third-order valence-electron chi connectivity index (χ3n) is 3.83. The van der Waals surface area contributed by atoms with Crippen LogP contribution in [0.5, 0.6) is 0 Å². The topological polar surface area (TPSA) is 39.2 Å². The maximum Gasteiger partial charge on any atom is 0.134 e. The normalized spacial score (nSPS) is 12.7. The molecule has 1 atom stereocenters. The van der Waals surface area contributed by atoms with E-state index in [1.54, 1.807) is 0 Å². The van der Waals surface area contributed by atoms with Gasteiger partial charge in [0.05, 0.1) is 6.26 Å². The molecule has 0 aliphatic heterocycles. The van der Waals surface area contributed by atoms with Crippen molar-refractivity contribution in [3.63, 3.8) is 0 Å². The summed E-state index contributed by atoms with van der Waals surface area (Å²) in [7, 11) is 0. The van der Waals surface area contributed by atoms with Gasteiger partial charge in [0.15, 0.2) is 0 Å². The van der Waals surface area contributed by atoms with Crippen LogP contribution in [0.2, 0.25) is 0 Å². The molecular formula is C18H19NO. The maximum absolute atomic E-state index is 5.75. The molecule has 2 aromatic carbocycles. The fourth-order valence-electron chi connectivity index (χ4n) is 2.54. The molecule has 2 nitrogen and oxygen atoms in total. The Morgan fingerprint density at radius 3 is 2.80 bits per heavy atom. The van der Waals surface area contributed by atoms with Crippen LogP contribution in [0, 0.1) is 0 Å². The van der Waals surface area contributed by atoms with Crippen LogP contribution in [-0.2, 0) is 6.42 Å². The minimum atomic E-state index is 0.399. The first-order valence-electron chi connectivity index (χ1n) is 7.02. The van der Waals surface area contributed by atoms with Gasteiger partial charge in [0.25, 0.3) is 0 Å². The summed E-state index contributed by atoms with van der Waals surface area (Å²) in [5.41, 5.74) is 10.5.